The second kappa shape index (κ2) is 18.1. The molecule has 2 atom stereocenters. The summed E-state index contributed by atoms with van der Waals surface area (Å²) in [5.41, 5.74) is 7.71. The number of hydrogen-bond acceptors (Lipinski definition) is 12. The zero-order valence-corrected chi connectivity index (χ0v) is 37.3. The van der Waals surface area contributed by atoms with Crippen molar-refractivity contribution >= 4 is 11.0 Å². The Morgan fingerprint density at radius 3 is 2.02 bits per heavy atom. The molecule has 0 saturated carbocycles. The number of nitrogens with zero attached hydrogens (tertiary/aromatic N) is 2. The first-order chi connectivity index (χ1) is 31.5. The summed E-state index contributed by atoms with van der Waals surface area (Å²) in [4.78, 5) is 16.8. The van der Waals surface area contributed by atoms with Crippen molar-refractivity contribution in [2.75, 3.05) is 55.6 Å². The molecule has 4 aliphatic heterocycles. The van der Waals surface area contributed by atoms with Crippen LogP contribution in [0.1, 0.15) is 45.5 Å². The van der Waals surface area contributed by atoms with Crippen molar-refractivity contribution in [2.24, 2.45) is 0 Å². The molecule has 6 bridgehead atoms. The van der Waals surface area contributed by atoms with Crippen LogP contribution in [0.3, 0.4) is 0 Å². The van der Waals surface area contributed by atoms with E-state index in [0.717, 1.165) is 67.3 Å². The fraction of sp³-hybridized carbons (Fsp3) is 0.264. The molecule has 65 heavy (non-hydrogen) atoms. The Bertz CT molecular complexity index is 2930. The maximum absolute atomic E-state index is 12.0. The van der Waals surface area contributed by atoms with Crippen LogP contribution in [0.2, 0.25) is 0 Å². The molecule has 7 aromatic rings. The number of rotatable bonds is 5. The number of benzene rings is 6. The SMILES string of the molecule is COc1ccc2cc1Oc1ccc(cc1)CC1c3cc(c(OC)cc3CCN1C)Oc1c(OC)c(OC)cc3c1C(C2)N(C)CC3.O=c1cc(-c2ccccc2)oc2cc(O)cc(O)c12. The highest BCUT2D eigenvalue weighted by atomic mass is 16.5. The topological polar surface area (TPSA) is 133 Å². The number of phenols is 2. The molecular weight excluding hydrogens is 825 g/mol. The van der Waals surface area contributed by atoms with Gasteiger partial charge in [-0.15, -0.1) is 0 Å². The van der Waals surface area contributed by atoms with Gasteiger partial charge in [-0.25, -0.2) is 0 Å². The smallest absolute Gasteiger partial charge is 0.204 e. The zero-order valence-electron chi connectivity index (χ0n) is 37.3. The maximum atomic E-state index is 12.0. The average Bonchev–Trinajstić information content (AvgIpc) is 3.31. The molecule has 6 aromatic carbocycles. The Morgan fingerprint density at radius 2 is 1.29 bits per heavy atom. The number of ether oxygens (including phenoxy) is 6. The van der Waals surface area contributed by atoms with Gasteiger partial charge >= 0.3 is 0 Å². The van der Waals surface area contributed by atoms with Crippen LogP contribution in [-0.4, -0.2) is 75.6 Å². The molecule has 5 heterocycles. The van der Waals surface area contributed by atoms with Crippen LogP contribution in [0.25, 0.3) is 22.3 Å². The van der Waals surface area contributed by atoms with Crippen LogP contribution >= 0.6 is 0 Å². The van der Waals surface area contributed by atoms with Crippen LogP contribution in [-0.2, 0) is 25.7 Å². The lowest BCUT2D eigenvalue weighted by Gasteiger charge is -2.37. The molecule has 0 radical (unpaired) electrons. The molecule has 0 amide bonds. The van der Waals surface area contributed by atoms with E-state index in [2.05, 4.69) is 66.4 Å². The fourth-order valence-corrected chi connectivity index (χ4v) is 9.27. The van der Waals surface area contributed by atoms with E-state index >= 15 is 0 Å². The van der Waals surface area contributed by atoms with Crippen LogP contribution in [0.4, 0.5) is 0 Å². The van der Waals surface area contributed by atoms with Gasteiger partial charge in [0.2, 0.25) is 5.75 Å². The predicted molar refractivity (Wildman–Crippen MR) is 249 cm³/mol. The van der Waals surface area contributed by atoms with E-state index in [4.69, 9.17) is 32.8 Å². The summed E-state index contributed by atoms with van der Waals surface area (Å²) in [6.45, 7) is 1.86. The second-order valence-electron chi connectivity index (χ2n) is 16.6. The van der Waals surface area contributed by atoms with E-state index in [-0.39, 0.29) is 40.0 Å². The third-order valence-electron chi connectivity index (χ3n) is 12.7. The highest BCUT2D eigenvalue weighted by Crippen LogP contribution is 2.52. The quantitative estimate of drug-likeness (QED) is 0.171. The molecule has 11 rings (SSSR count). The van der Waals surface area contributed by atoms with Crippen LogP contribution < -0.4 is 33.8 Å². The molecule has 0 spiro atoms. The standard InChI is InChI=1S/C38H42N2O6.C15H10O4/c1-39-15-13-25-20-32(42-4)34-22-28(25)29(39)17-23-7-10-27(11-8-23)45-33-19-24(9-12-31(33)41-3)18-30-36-26(14-16-40(30)2)21-35(43-5)37(44-6)38(36)46-34;16-10-6-11(17)15-12(18)8-13(19-14(15)7-10)9-4-2-1-3-5-9/h7-12,19-22,29-30H,13-18H2,1-6H3;1-8,16-17H. The van der Waals surface area contributed by atoms with Crippen molar-refractivity contribution < 1.29 is 43.1 Å². The van der Waals surface area contributed by atoms with Crippen molar-refractivity contribution in [3.8, 4) is 68.8 Å². The first kappa shape index (κ1) is 43.1. The highest BCUT2D eigenvalue weighted by Gasteiger charge is 2.35. The number of phenolic OH excluding ortho intramolecular Hbond substituents is 2. The number of likely N-dealkylation sites (N-methyl/N-ethyl adjacent to an activating group) is 2. The molecule has 0 fully saturated rings. The third kappa shape index (κ3) is 8.50. The van der Waals surface area contributed by atoms with Gasteiger partial charge in [0, 0.05) is 54.5 Å². The van der Waals surface area contributed by atoms with Crippen molar-refractivity contribution in [3.05, 3.63) is 153 Å². The molecule has 12 nitrogen and oxygen atoms in total. The van der Waals surface area contributed by atoms with E-state index in [1.807, 2.05) is 48.5 Å². The molecule has 0 saturated heterocycles. The molecule has 2 unspecified atom stereocenters. The Morgan fingerprint density at radius 1 is 0.631 bits per heavy atom. The summed E-state index contributed by atoms with van der Waals surface area (Å²) in [6, 6.07) is 34.1. The molecule has 2 N–H and O–H groups in total. The summed E-state index contributed by atoms with van der Waals surface area (Å²) in [5, 5.41) is 19.2. The Balaban J connectivity index is 0.000000233. The molecule has 12 heteroatoms. The normalized spacial score (nSPS) is 16.7. The number of methoxy groups -OCH3 is 4. The van der Waals surface area contributed by atoms with Crippen molar-refractivity contribution in [1.29, 1.82) is 0 Å². The van der Waals surface area contributed by atoms with Gasteiger partial charge in [0.15, 0.2) is 39.9 Å². The van der Waals surface area contributed by atoms with Crippen LogP contribution in [0.15, 0.2) is 118 Å². The molecule has 1 aromatic heterocycles. The first-order valence-electron chi connectivity index (χ1n) is 21.6. The second-order valence-corrected chi connectivity index (χ2v) is 16.6. The minimum absolute atomic E-state index is 0.000437. The van der Waals surface area contributed by atoms with Gasteiger partial charge in [-0.2, -0.15) is 0 Å². The van der Waals surface area contributed by atoms with Crippen LogP contribution in [0, 0.1) is 0 Å². The Labute approximate surface area is 377 Å². The molecule has 0 aliphatic carbocycles. The summed E-state index contributed by atoms with van der Waals surface area (Å²) in [7, 11) is 11.1. The molecule has 334 valence electrons. The van der Waals surface area contributed by atoms with Gasteiger partial charge in [0.05, 0.1) is 28.4 Å². The van der Waals surface area contributed by atoms with Crippen molar-refractivity contribution in [3.63, 3.8) is 0 Å². The summed E-state index contributed by atoms with van der Waals surface area (Å²) < 4.78 is 42.7. The summed E-state index contributed by atoms with van der Waals surface area (Å²) in [6.07, 6.45) is 3.37. The predicted octanol–water partition coefficient (Wildman–Crippen LogP) is 10.0. The number of aromatic hydroxyl groups is 2. The van der Waals surface area contributed by atoms with E-state index in [1.165, 1.54) is 34.4 Å². The van der Waals surface area contributed by atoms with E-state index in [0.29, 0.717) is 46.0 Å². The number of fused-ring (bicyclic) bond motifs is 3. The van der Waals surface area contributed by atoms with E-state index < -0.39 is 0 Å². The monoisotopic (exact) mass is 876 g/mol. The van der Waals surface area contributed by atoms with Gasteiger partial charge < -0.3 is 43.1 Å². The van der Waals surface area contributed by atoms with Gasteiger partial charge in [-0.05, 0) is 110 Å². The molecule has 4 aliphatic rings. The minimum atomic E-state index is -0.349. The molecular formula is C53H52N2O10. The van der Waals surface area contributed by atoms with Gasteiger partial charge in [0.25, 0.3) is 0 Å². The van der Waals surface area contributed by atoms with Gasteiger partial charge in [-0.1, -0.05) is 48.5 Å². The Kier molecular flexibility index (Phi) is 12.0. The average molecular weight is 877 g/mol. The summed E-state index contributed by atoms with van der Waals surface area (Å²) in [5.74, 6) is 5.36. The van der Waals surface area contributed by atoms with Crippen LogP contribution in [0.5, 0.6) is 57.5 Å². The lowest BCUT2D eigenvalue weighted by atomic mass is 9.87. The first-order valence-corrected chi connectivity index (χ1v) is 21.6. The summed E-state index contributed by atoms with van der Waals surface area (Å²) >= 11 is 0. The Hall–Kier alpha value is -7.15. The minimum Gasteiger partial charge on any atom is -0.508 e. The third-order valence-corrected chi connectivity index (χ3v) is 12.7. The fourth-order valence-electron chi connectivity index (χ4n) is 9.27. The maximum Gasteiger partial charge on any atom is 0.204 e. The van der Waals surface area contributed by atoms with Crippen molar-refractivity contribution in [1.82, 2.24) is 9.80 Å². The lowest BCUT2D eigenvalue weighted by Crippen LogP contribution is -2.34. The lowest BCUT2D eigenvalue weighted by molar-refractivity contribution is 0.220. The number of hydrogen-bond donors (Lipinski definition) is 2. The van der Waals surface area contributed by atoms with Gasteiger partial charge in [-0.3, -0.25) is 14.6 Å². The van der Waals surface area contributed by atoms with Crippen molar-refractivity contribution in [2.45, 2.75) is 37.8 Å². The van der Waals surface area contributed by atoms with Gasteiger partial charge in [0.1, 0.15) is 34.0 Å². The van der Waals surface area contributed by atoms with E-state index in [1.54, 1.807) is 28.4 Å². The van der Waals surface area contributed by atoms with E-state index in [9.17, 15) is 15.0 Å². The zero-order chi connectivity index (χ0) is 45.4. The largest absolute Gasteiger partial charge is 0.508 e. The highest BCUT2D eigenvalue weighted by molar-refractivity contribution is 5.86.